The van der Waals surface area contributed by atoms with Gasteiger partial charge in [0, 0.05) is 0 Å². The maximum absolute atomic E-state index is 9.68. The summed E-state index contributed by atoms with van der Waals surface area (Å²) in [6.45, 7) is 3.31. The Morgan fingerprint density at radius 3 is 2.57 bits per heavy atom. The van der Waals surface area contributed by atoms with Gasteiger partial charge in [-0.3, -0.25) is 4.79 Å². The number of carbonyl (C=O) groups is 1. The van der Waals surface area contributed by atoms with E-state index in [1.165, 1.54) is 12.2 Å². The predicted octanol–water partition coefficient (Wildman–Crippen LogP) is 0.851. The lowest BCUT2D eigenvalue weighted by molar-refractivity contribution is -0.135. The van der Waals surface area contributed by atoms with Gasteiger partial charge in [-0.15, -0.1) is 0 Å². The van der Waals surface area contributed by atoms with E-state index in [0.29, 0.717) is 0 Å². The maximum Gasteiger partial charge on any atom is 0.307 e. The Kier molecular flexibility index (Phi) is 3.02. The molecule has 0 bridgehead atoms. The van der Waals surface area contributed by atoms with E-state index in [-0.39, 0.29) is 6.42 Å². The van der Waals surface area contributed by atoms with Crippen LogP contribution in [0.2, 0.25) is 0 Å². The molecule has 0 aliphatic rings. The SMILES string of the molecule is [CH2]/C=C/CC(=O)O. The third kappa shape index (κ3) is 5.21. The second-order valence-corrected chi connectivity index (χ2v) is 1.07. The second-order valence-electron chi connectivity index (χ2n) is 1.07. The summed E-state index contributed by atoms with van der Waals surface area (Å²) in [7, 11) is 0. The molecule has 2 heteroatoms. The number of allylic oxidation sites excluding steroid dienone is 1. The van der Waals surface area contributed by atoms with Crippen LogP contribution in [0.4, 0.5) is 0 Å². The van der Waals surface area contributed by atoms with Crippen molar-refractivity contribution in [3.8, 4) is 0 Å². The first-order chi connectivity index (χ1) is 3.27. The largest absolute Gasteiger partial charge is 0.481 e. The van der Waals surface area contributed by atoms with Gasteiger partial charge in [0.1, 0.15) is 0 Å². The Hall–Kier alpha value is -0.790. The molecule has 0 saturated carbocycles. The van der Waals surface area contributed by atoms with E-state index in [4.69, 9.17) is 5.11 Å². The number of carboxylic acids is 1. The van der Waals surface area contributed by atoms with Crippen molar-refractivity contribution in [1.82, 2.24) is 0 Å². The van der Waals surface area contributed by atoms with Gasteiger partial charge in [0.05, 0.1) is 6.42 Å². The minimum absolute atomic E-state index is 0.0729. The van der Waals surface area contributed by atoms with Crippen LogP contribution in [0.3, 0.4) is 0 Å². The minimum atomic E-state index is -0.820. The van der Waals surface area contributed by atoms with E-state index in [2.05, 4.69) is 6.92 Å². The van der Waals surface area contributed by atoms with Gasteiger partial charge in [0.2, 0.25) is 0 Å². The van der Waals surface area contributed by atoms with Gasteiger partial charge in [0.15, 0.2) is 0 Å². The van der Waals surface area contributed by atoms with Gasteiger partial charge in [-0.1, -0.05) is 12.2 Å². The highest BCUT2D eigenvalue weighted by atomic mass is 16.4. The third-order valence-electron chi connectivity index (χ3n) is 0.459. The van der Waals surface area contributed by atoms with E-state index in [1.54, 1.807) is 0 Å². The topological polar surface area (TPSA) is 37.3 Å². The number of aliphatic carboxylic acids is 1. The highest BCUT2D eigenvalue weighted by molar-refractivity contribution is 5.68. The zero-order valence-electron chi connectivity index (χ0n) is 3.92. The lowest BCUT2D eigenvalue weighted by atomic mass is 10.4. The van der Waals surface area contributed by atoms with E-state index >= 15 is 0 Å². The Morgan fingerprint density at radius 2 is 2.43 bits per heavy atom. The lowest BCUT2D eigenvalue weighted by Gasteiger charge is -1.77. The molecule has 0 aromatic carbocycles. The van der Waals surface area contributed by atoms with Crippen LogP contribution in [0.1, 0.15) is 6.42 Å². The molecule has 0 fully saturated rings. The summed E-state index contributed by atoms with van der Waals surface area (Å²) >= 11 is 0. The molecule has 0 aromatic rings. The van der Waals surface area contributed by atoms with Gasteiger partial charge < -0.3 is 5.11 Å². The molecular weight excluding hydrogens is 92.1 g/mol. The summed E-state index contributed by atoms with van der Waals surface area (Å²) in [5.74, 6) is -0.820. The van der Waals surface area contributed by atoms with Gasteiger partial charge in [-0.05, 0) is 6.92 Å². The summed E-state index contributed by atoms with van der Waals surface area (Å²) in [5.41, 5.74) is 0. The molecule has 7 heavy (non-hydrogen) atoms. The number of hydrogen-bond acceptors (Lipinski definition) is 1. The minimum Gasteiger partial charge on any atom is -0.481 e. The highest BCUT2D eigenvalue weighted by Gasteiger charge is 1.85. The Morgan fingerprint density at radius 1 is 1.86 bits per heavy atom. The fourth-order valence-corrected chi connectivity index (χ4v) is 0.184. The van der Waals surface area contributed by atoms with Crippen molar-refractivity contribution in [3.63, 3.8) is 0 Å². The monoisotopic (exact) mass is 99.0 g/mol. The fraction of sp³-hybridized carbons (Fsp3) is 0.200. The molecular formula is C5H7O2. The van der Waals surface area contributed by atoms with E-state index in [0.717, 1.165) is 0 Å². The summed E-state index contributed by atoms with van der Waals surface area (Å²) in [5, 5.41) is 7.97. The van der Waals surface area contributed by atoms with Crippen LogP contribution >= 0.6 is 0 Å². The smallest absolute Gasteiger partial charge is 0.307 e. The first-order valence-corrected chi connectivity index (χ1v) is 1.93. The molecule has 0 aliphatic heterocycles. The van der Waals surface area contributed by atoms with Crippen LogP contribution in [0.5, 0.6) is 0 Å². The molecule has 0 amide bonds. The van der Waals surface area contributed by atoms with Crippen LogP contribution in [0.25, 0.3) is 0 Å². The first-order valence-electron chi connectivity index (χ1n) is 1.93. The zero-order valence-corrected chi connectivity index (χ0v) is 3.92. The standard InChI is InChI=1S/C5H7O2/c1-2-3-4-5(6)7/h2-3H,1,4H2,(H,6,7)/b3-2+. The van der Waals surface area contributed by atoms with Crippen molar-refractivity contribution >= 4 is 5.97 Å². The summed E-state index contributed by atoms with van der Waals surface area (Å²) in [6.07, 6.45) is 3.03. The summed E-state index contributed by atoms with van der Waals surface area (Å²) in [6, 6.07) is 0. The Labute approximate surface area is 42.5 Å². The van der Waals surface area contributed by atoms with E-state index < -0.39 is 5.97 Å². The van der Waals surface area contributed by atoms with Crippen LogP contribution < -0.4 is 0 Å². The molecule has 0 aliphatic carbocycles. The van der Waals surface area contributed by atoms with Crippen molar-refractivity contribution in [1.29, 1.82) is 0 Å². The molecule has 0 heterocycles. The normalized spacial score (nSPS) is 9.86. The van der Waals surface area contributed by atoms with Crippen molar-refractivity contribution in [2.45, 2.75) is 6.42 Å². The average Bonchev–Trinajstić information content (AvgIpc) is 1.61. The van der Waals surface area contributed by atoms with Gasteiger partial charge in [0.25, 0.3) is 0 Å². The van der Waals surface area contributed by atoms with Crippen LogP contribution in [0, 0.1) is 6.92 Å². The number of rotatable bonds is 2. The van der Waals surface area contributed by atoms with Gasteiger partial charge in [-0.2, -0.15) is 0 Å². The Balaban J connectivity index is 3.14. The molecule has 0 spiro atoms. The quantitative estimate of drug-likeness (QED) is 0.557. The molecule has 2 nitrogen and oxygen atoms in total. The van der Waals surface area contributed by atoms with Crippen molar-refractivity contribution in [2.24, 2.45) is 0 Å². The molecule has 1 radical (unpaired) electrons. The van der Waals surface area contributed by atoms with Crippen LogP contribution in [-0.2, 0) is 4.79 Å². The van der Waals surface area contributed by atoms with Gasteiger partial charge >= 0.3 is 5.97 Å². The molecule has 39 valence electrons. The maximum atomic E-state index is 9.68. The third-order valence-corrected chi connectivity index (χ3v) is 0.459. The molecule has 1 N–H and O–H groups in total. The highest BCUT2D eigenvalue weighted by Crippen LogP contribution is 1.78. The van der Waals surface area contributed by atoms with Gasteiger partial charge in [-0.25, -0.2) is 0 Å². The molecule has 0 unspecified atom stereocenters. The van der Waals surface area contributed by atoms with Crippen molar-refractivity contribution in [2.75, 3.05) is 0 Å². The van der Waals surface area contributed by atoms with Crippen LogP contribution in [0.15, 0.2) is 12.2 Å². The molecule has 0 aromatic heterocycles. The van der Waals surface area contributed by atoms with Crippen LogP contribution in [-0.4, -0.2) is 11.1 Å². The molecule has 0 saturated heterocycles. The Bertz CT molecular complexity index is 84.1. The second kappa shape index (κ2) is 3.40. The van der Waals surface area contributed by atoms with Crippen molar-refractivity contribution in [3.05, 3.63) is 19.1 Å². The lowest BCUT2D eigenvalue weighted by Crippen LogP contribution is -1.88. The van der Waals surface area contributed by atoms with E-state index in [9.17, 15) is 4.79 Å². The molecule has 0 atom stereocenters. The average molecular weight is 99.1 g/mol. The zero-order chi connectivity index (χ0) is 5.70. The van der Waals surface area contributed by atoms with E-state index in [1.807, 2.05) is 0 Å². The number of hydrogen-bond donors (Lipinski definition) is 1. The number of carboxylic acid groups (broad SMARTS) is 1. The predicted molar refractivity (Wildman–Crippen MR) is 26.7 cm³/mol. The van der Waals surface area contributed by atoms with Crippen molar-refractivity contribution < 1.29 is 9.90 Å². The summed E-state index contributed by atoms with van der Waals surface area (Å²) < 4.78 is 0. The fourth-order valence-electron chi connectivity index (χ4n) is 0.184. The molecule has 0 rings (SSSR count). The summed E-state index contributed by atoms with van der Waals surface area (Å²) in [4.78, 5) is 9.68. The first kappa shape index (κ1) is 6.21.